The smallest absolute Gasteiger partial charge is 0.328 e. The van der Waals surface area contributed by atoms with Crippen molar-refractivity contribution in [2.45, 2.75) is 20.8 Å². The highest BCUT2D eigenvalue weighted by Crippen LogP contribution is 1.97. The molecule has 0 heterocycles. The predicted octanol–water partition coefficient (Wildman–Crippen LogP) is -0.130. The summed E-state index contributed by atoms with van der Waals surface area (Å²) >= 11 is 0. The van der Waals surface area contributed by atoms with Gasteiger partial charge in [-0.25, -0.2) is 4.79 Å². The van der Waals surface area contributed by atoms with E-state index in [1.807, 2.05) is 0 Å². The van der Waals surface area contributed by atoms with E-state index in [1.54, 1.807) is 0 Å². The van der Waals surface area contributed by atoms with Gasteiger partial charge in [0.2, 0.25) is 0 Å². The van der Waals surface area contributed by atoms with E-state index in [0.717, 1.165) is 0 Å². The molecule has 0 unspecified atom stereocenters. The number of carboxylic acids is 2. The zero-order chi connectivity index (χ0) is 13.2. The Labute approximate surface area is 96.6 Å². The molecule has 0 aliphatic carbocycles. The minimum Gasteiger partial charge on any atom is -0.545 e. The number of quaternary nitrogens is 1. The molecule has 0 aromatic rings. The SMILES string of the molecule is CC[N+](C)(CC)CC.O=C([O-])C=CC(=O)O. The van der Waals surface area contributed by atoms with Crippen LogP contribution in [-0.4, -0.2) is 48.2 Å². The molecule has 0 rings (SSSR count). The fraction of sp³-hybridized carbons (Fsp3) is 0.636. The van der Waals surface area contributed by atoms with Crippen molar-refractivity contribution in [2.75, 3.05) is 26.7 Å². The fourth-order valence-corrected chi connectivity index (χ4v) is 0.810. The topological polar surface area (TPSA) is 77.4 Å². The molecule has 0 aliphatic rings. The molecule has 0 bridgehead atoms. The van der Waals surface area contributed by atoms with Crippen molar-refractivity contribution in [1.29, 1.82) is 0 Å². The van der Waals surface area contributed by atoms with Gasteiger partial charge in [-0.15, -0.1) is 0 Å². The van der Waals surface area contributed by atoms with Crippen molar-refractivity contribution in [3.63, 3.8) is 0 Å². The fourth-order valence-electron chi connectivity index (χ4n) is 0.810. The summed E-state index contributed by atoms with van der Waals surface area (Å²) in [5, 5.41) is 17.2. The van der Waals surface area contributed by atoms with Crippen LogP contribution in [0.2, 0.25) is 0 Å². The lowest BCUT2D eigenvalue weighted by molar-refractivity contribution is -0.904. The molecule has 5 heteroatoms. The zero-order valence-electron chi connectivity index (χ0n) is 10.4. The number of aliphatic carboxylic acids is 2. The molecule has 0 fully saturated rings. The van der Waals surface area contributed by atoms with Crippen LogP contribution in [0.15, 0.2) is 12.2 Å². The van der Waals surface area contributed by atoms with Crippen LogP contribution in [0.3, 0.4) is 0 Å². The van der Waals surface area contributed by atoms with Crippen molar-refractivity contribution in [3.05, 3.63) is 12.2 Å². The lowest BCUT2D eigenvalue weighted by Gasteiger charge is -2.30. The summed E-state index contributed by atoms with van der Waals surface area (Å²) in [5.74, 6) is -2.80. The van der Waals surface area contributed by atoms with Gasteiger partial charge in [0.15, 0.2) is 0 Å². The molecular formula is C11H21NO4. The minimum absolute atomic E-state index is 0.447. The monoisotopic (exact) mass is 231 g/mol. The van der Waals surface area contributed by atoms with Crippen LogP contribution in [0.25, 0.3) is 0 Å². The molecule has 0 saturated heterocycles. The first kappa shape index (κ1) is 17.0. The third-order valence-electron chi connectivity index (χ3n) is 2.65. The van der Waals surface area contributed by atoms with Gasteiger partial charge in [0, 0.05) is 6.08 Å². The summed E-state index contributed by atoms with van der Waals surface area (Å²) in [6, 6.07) is 0. The quantitative estimate of drug-likeness (QED) is 0.528. The first-order chi connectivity index (χ1) is 7.31. The molecule has 16 heavy (non-hydrogen) atoms. The Balaban J connectivity index is 0. The van der Waals surface area contributed by atoms with E-state index in [-0.39, 0.29) is 0 Å². The van der Waals surface area contributed by atoms with E-state index in [1.165, 1.54) is 24.1 Å². The number of nitrogens with zero attached hydrogens (tertiary/aromatic N) is 1. The molecule has 94 valence electrons. The lowest BCUT2D eigenvalue weighted by Crippen LogP contribution is -2.42. The van der Waals surface area contributed by atoms with E-state index in [9.17, 15) is 14.7 Å². The van der Waals surface area contributed by atoms with Crippen LogP contribution in [-0.2, 0) is 9.59 Å². The van der Waals surface area contributed by atoms with Crippen molar-refractivity contribution < 1.29 is 24.3 Å². The van der Waals surface area contributed by atoms with Crippen LogP contribution in [0.1, 0.15) is 20.8 Å². The maximum Gasteiger partial charge on any atom is 0.328 e. The third kappa shape index (κ3) is 10.7. The summed E-state index contributed by atoms with van der Waals surface area (Å²) in [7, 11) is 2.29. The van der Waals surface area contributed by atoms with Crippen LogP contribution in [0.5, 0.6) is 0 Å². The van der Waals surface area contributed by atoms with Gasteiger partial charge in [-0.2, -0.15) is 0 Å². The minimum atomic E-state index is -1.51. The normalized spacial score (nSPS) is 10.8. The molecule has 0 aromatic carbocycles. The van der Waals surface area contributed by atoms with Crippen molar-refractivity contribution >= 4 is 11.9 Å². The number of carbonyl (C=O) groups is 2. The number of rotatable bonds is 5. The number of hydrogen-bond acceptors (Lipinski definition) is 3. The molecular weight excluding hydrogens is 210 g/mol. The molecule has 0 aromatic heterocycles. The van der Waals surface area contributed by atoms with E-state index in [2.05, 4.69) is 27.8 Å². The van der Waals surface area contributed by atoms with Crippen molar-refractivity contribution in [1.82, 2.24) is 0 Å². The van der Waals surface area contributed by atoms with Crippen LogP contribution < -0.4 is 5.11 Å². The van der Waals surface area contributed by atoms with Gasteiger partial charge in [0.25, 0.3) is 0 Å². The summed E-state index contributed by atoms with van der Waals surface area (Å²) < 4.78 is 1.21. The lowest BCUT2D eigenvalue weighted by atomic mass is 10.4. The summed E-state index contributed by atoms with van der Waals surface area (Å²) in [6.07, 6.45) is 0.942. The van der Waals surface area contributed by atoms with E-state index in [4.69, 9.17) is 5.11 Å². The Morgan fingerprint density at radius 1 is 1.12 bits per heavy atom. The zero-order valence-corrected chi connectivity index (χ0v) is 10.4. The Morgan fingerprint density at radius 3 is 1.56 bits per heavy atom. The Hall–Kier alpha value is -1.36. The van der Waals surface area contributed by atoms with Gasteiger partial charge in [-0.3, -0.25) is 0 Å². The molecule has 0 atom stereocenters. The summed E-state index contributed by atoms with van der Waals surface area (Å²) in [5.41, 5.74) is 0. The highest BCUT2D eigenvalue weighted by Gasteiger charge is 2.10. The van der Waals surface area contributed by atoms with E-state index in [0.29, 0.717) is 12.2 Å². The van der Waals surface area contributed by atoms with Gasteiger partial charge in [0.05, 0.1) is 32.7 Å². The van der Waals surface area contributed by atoms with E-state index < -0.39 is 11.9 Å². The molecule has 5 nitrogen and oxygen atoms in total. The van der Waals surface area contributed by atoms with Gasteiger partial charge in [-0.05, 0) is 26.8 Å². The highest BCUT2D eigenvalue weighted by molar-refractivity contribution is 5.88. The van der Waals surface area contributed by atoms with Crippen molar-refractivity contribution in [2.24, 2.45) is 0 Å². The van der Waals surface area contributed by atoms with Crippen LogP contribution >= 0.6 is 0 Å². The van der Waals surface area contributed by atoms with Gasteiger partial charge in [0.1, 0.15) is 0 Å². The summed E-state index contributed by atoms with van der Waals surface area (Å²) in [4.78, 5) is 19.0. The highest BCUT2D eigenvalue weighted by atomic mass is 16.4. The molecule has 0 spiro atoms. The first-order valence-electron chi connectivity index (χ1n) is 5.26. The maximum atomic E-state index is 9.53. The van der Waals surface area contributed by atoms with E-state index >= 15 is 0 Å². The van der Waals surface area contributed by atoms with Crippen molar-refractivity contribution in [3.8, 4) is 0 Å². The standard InChI is InChI=1S/C7H18N.C4H4O4/c1-5-8(4,6-2)7-3;5-3(6)1-2-4(7)8/h5-7H2,1-4H3;1-2H,(H,5,6)(H,7,8)/q+1;/p-1. The Kier molecular flexibility index (Phi) is 9.49. The first-order valence-corrected chi connectivity index (χ1v) is 5.26. The molecule has 0 radical (unpaired) electrons. The summed E-state index contributed by atoms with van der Waals surface area (Å²) in [6.45, 7) is 10.5. The molecule has 0 amide bonds. The third-order valence-corrected chi connectivity index (χ3v) is 2.65. The maximum absolute atomic E-state index is 9.53. The molecule has 1 N–H and O–H groups in total. The van der Waals surface area contributed by atoms with Crippen LogP contribution in [0.4, 0.5) is 0 Å². The second kappa shape index (κ2) is 8.91. The van der Waals surface area contributed by atoms with Gasteiger partial charge < -0.3 is 19.5 Å². The second-order valence-corrected chi connectivity index (χ2v) is 3.56. The molecule has 0 saturated carbocycles. The Morgan fingerprint density at radius 2 is 1.50 bits per heavy atom. The number of carbonyl (C=O) groups excluding carboxylic acids is 1. The van der Waals surface area contributed by atoms with Gasteiger partial charge in [-0.1, -0.05) is 0 Å². The average molecular weight is 231 g/mol. The number of carboxylic acid groups (broad SMARTS) is 2. The second-order valence-electron chi connectivity index (χ2n) is 3.56. The van der Waals surface area contributed by atoms with Crippen LogP contribution in [0, 0.1) is 0 Å². The Bertz CT molecular complexity index is 220. The van der Waals surface area contributed by atoms with Gasteiger partial charge >= 0.3 is 5.97 Å². The average Bonchev–Trinajstić information content (AvgIpc) is 2.26. The predicted molar refractivity (Wildman–Crippen MR) is 59.6 cm³/mol. The largest absolute Gasteiger partial charge is 0.545 e. The molecule has 0 aliphatic heterocycles. The number of hydrogen-bond donors (Lipinski definition) is 1.